The Morgan fingerprint density at radius 2 is 2.00 bits per heavy atom. The fraction of sp³-hybridized carbons (Fsp3) is 0.385. The molecule has 1 aromatic carbocycles. The van der Waals surface area contributed by atoms with Gasteiger partial charge in [-0.25, -0.2) is 4.68 Å². The number of anilines is 1. The molecule has 1 aromatic heterocycles. The second kappa shape index (κ2) is 7.22. The van der Waals surface area contributed by atoms with E-state index in [0.717, 1.165) is 0 Å². The molecule has 1 amide bonds. The Labute approximate surface area is 122 Å². The van der Waals surface area contributed by atoms with Crippen LogP contribution in [0, 0.1) is 0 Å². The zero-order valence-electron chi connectivity index (χ0n) is 11.9. The standard InChI is InChI=1S/C13H17N5O3/c1-3-20-11-6-5-10(7-12(11)21-4-2)15-13(19)8-18-9-14-16-17-18/h5-7,9H,3-4,8H2,1-2H3,(H,15,19). The maximum atomic E-state index is 11.9. The Morgan fingerprint density at radius 1 is 1.24 bits per heavy atom. The molecule has 2 rings (SSSR count). The Bertz CT molecular complexity index is 585. The van der Waals surface area contributed by atoms with Gasteiger partial charge in [0, 0.05) is 11.8 Å². The zero-order chi connectivity index (χ0) is 15.1. The molecule has 0 radical (unpaired) electrons. The molecule has 112 valence electrons. The predicted molar refractivity (Wildman–Crippen MR) is 75.2 cm³/mol. The van der Waals surface area contributed by atoms with Crippen molar-refractivity contribution in [2.45, 2.75) is 20.4 Å². The zero-order valence-corrected chi connectivity index (χ0v) is 11.9. The van der Waals surface area contributed by atoms with Gasteiger partial charge in [0.05, 0.1) is 13.2 Å². The molecular formula is C13H17N5O3. The molecule has 8 nitrogen and oxygen atoms in total. The van der Waals surface area contributed by atoms with Gasteiger partial charge < -0.3 is 14.8 Å². The van der Waals surface area contributed by atoms with E-state index in [1.165, 1.54) is 11.0 Å². The van der Waals surface area contributed by atoms with E-state index >= 15 is 0 Å². The molecule has 0 saturated carbocycles. The van der Waals surface area contributed by atoms with Crippen LogP contribution < -0.4 is 14.8 Å². The number of hydrogen-bond donors (Lipinski definition) is 1. The van der Waals surface area contributed by atoms with Crippen LogP contribution in [-0.4, -0.2) is 39.3 Å². The third kappa shape index (κ3) is 4.16. The average Bonchev–Trinajstić information content (AvgIpc) is 2.95. The molecule has 0 aliphatic rings. The largest absolute Gasteiger partial charge is 0.490 e. The number of ether oxygens (including phenoxy) is 2. The number of nitrogens with zero attached hydrogens (tertiary/aromatic N) is 4. The van der Waals surface area contributed by atoms with Crippen molar-refractivity contribution >= 4 is 11.6 Å². The van der Waals surface area contributed by atoms with Crippen molar-refractivity contribution in [2.24, 2.45) is 0 Å². The Kier molecular flexibility index (Phi) is 5.08. The maximum absolute atomic E-state index is 11.9. The van der Waals surface area contributed by atoms with Crippen molar-refractivity contribution in [3.63, 3.8) is 0 Å². The molecule has 0 fully saturated rings. The first-order chi connectivity index (χ1) is 10.2. The van der Waals surface area contributed by atoms with Crippen LogP contribution in [0.5, 0.6) is 11.5 Å². The molecule has 1 heterocycles. The lowest BCUT2D eigenvalue weighted by molar-refractivity contribution is -0.116. The second-order valence-electron chi connectivity index (χ2n) is 4.08. The van der Waals surface area contributed by atoms with Crippen molar-refractivity contribution < 1.29 is 14.3 Å². The van der Waals surface area contributed by atoms with E-state index in [1.807, 2.05) is 13.8 Å². The summed E-state index contributed by atoms with van der Waals surface area (Å²) < 4.78 is 12.3. The smallest absolute Gasteiger partial charge is 0.246 e. The lowest BCUT2D eigenvalue weighted by Crippen LogP contribution is -2.19. The molecule has 0 spiro atoms. The average molecular weight is 291 g/mol. The molecule has 1 N–H and O–H groups in total. The lowest BCUT2D eigenvalue weighted by atomic mass is 10.2. The van der Waals surface area contributed by atoms with Gasteiger partial charge in [-0.1, -0.05) is 0 Å². The van der Waals surface area contributed by atoms with Gasteiger partial charge >= 0.3 is 0 Å². The molecule has 0 bridgehead atoms. The molecule has 21 heavy (non-hydrogen) atoms. The number of nitrogens with one attached hydrogen (secondary N) is 1. The van der Waals surface area contributed by atoms with E-state index in [-0.39, 0.29) is 12.5 Å². The molecule has 0 aliphatic heterocycles. The molecule has 0 aliphatic carbocycles. The minimum atomic E-state index is -0.228. The van der Waals surface area contributed by atoms with Crippen molar-refractivity contribution in [1.82, 2.24) is 20.2 Å². The van der Waals surface area contributed by atoms with Gasteiger partial charge in [-0.3, -0.25) is 4.79 Å². The summed E-state index contributed by atoms with van der Waals surface area (Å²) in [5, 5.41) is 13.3. The summed E-state index contributed by atoms with van der Waals surface area (Å²) in [7, 11) is 0. The van der Waals surface area contributed by atoms with Crippen molar-refractivity contribution in [1.29, 1.82) is 0 Å². The summed E-state index contributed by atoms with van der Waals surface area (Å²) in [5.41, 5.74) is 0.625. The summed E-state index contributed by atoms with van der Waals surface area (Å²) in [6.45, 7) is 4.90. The van der Waals surface area contributed by atoms with Crippen LogP contribution >= 0.6 is 0 Å². The number of amides is 1. The van der Waals surface area contributed by atoms with E-state index in [1.54, 1.807) is 18.2 Å². The lowest BCUT2D eigenvalue weighted by Gasteiger charge is -2.13. The van der Waals surface area contributed by atoms with Crippen LogP contribution in [0.3, 0.4) is 0 Å². The summed E-state index contributed by atoms with van der Waals surface area (Å²) in [5.74, 6) is 1.02. The van der Waals surface area contributed by atoms with Gasteiger partial charge in [0.15, 0.2) is 11.5 Å². The highest BCUT2D eigenvalue weighted by Gasteiger charge is 2.09. The van der Waals surface area contributed by atoms with E-state index in [2.05, 4.69) is 20.8 Å². The van der Waals surface area contributed by atoms with Crippen molar-refractivity contribution in [3.8, 4) is 11.5 Å². The van der Waals surface area contributed by atoms with E-state index in [9.17, 15) is 4.79 Å². The van der Waals surface area contributed by atoms with E-state index < -0.39 is 0 Å². The predicted octanol–water partition coefficient (Wildman–Crippen LogP) is 1.11. The topological polar surface area (TPSA) is 91.2 Å². The Balaban J connectivity index is 2.05. The number of hydrogen-bond acceptors (Lipinski definition) is 6. The summed E-state index contributed by atoms with van der Waals surface area (Å²) >= 11 is 0. The molecular weight excluding hydrogens is 274 g/mol. The highest BCUT2D eigenvalue weighted by molar-refractivity contribution is 5.90. The second-order valence-corrected chi connectivity index (χ2v) is 4.08. The monoisotopic (exact) mass is 291 g/mol. The van der Waals surface area contributed by atoms with E-state index in [4.69, 9.17) is 9.47 Å². The quantitative estimate of drug-likeness (QED) is 0.821. The number of tetrazole rings is 1. The van der Waals surface area contributed by atoms with Crippen LogP contribution in [0.25, 0.3) is 0 Å². The number of benzene rings is 1. The first-order valence-corrected chi connectivity index (χ1v) is 6.63. The molecule has 0 saturated heterocycles. The van der Waals surface area contributed by atoms with Gasteiger partial charge in [0.2, 0.25) is 5.91 Å². The van der Waals surface area contributed by atoms with Gasteiger partial charge in [0.25, 0.3) is 0 Å². The fourth-order valence-electron chi connectivity index (χ4n) is 1.73. The normalized spacial score (nSPS) is 10.2. The van der Waals surface area contributed by atoms with Crippen LogP contribution in [0.2, 0.25) is 0 Å². The first kappa shape index (κ1) is 14.8. The minimum absolute atomic E-state index is 0.0458. The Morgan fingerprint density at radius 3 is 2.67 bits per heavy atom. The molecule has 0 unspecified atom stereocenters. The van der Waals surface area contributed by atoms with E-state index in [0.29, 0.717) is 30.4 Å². The van der Waals surface area contributed by atoms with Crippen LogP contribution in [-0.2, 0) is 11.3 Å². The fourth-order valence-corrected chi connectivity index (χ4v) is 1.73. The third-order valence-electron chi connectivity index (χ3n) is 2.52. The number of aromatic nitrogens is 4. The summed E-state index contributed by atoms with van der Waals surface area (Å²) in [6, 6.07) is 5.25. The van der Waals surface area contributed by atoms with Crippen LogP contribution in [0.4, 0.5) is 5.69 Å². The highest BCUT2D eigenvalue weighted by atomic mass is 16.5. The highest BCUT2D eigenvalue weighted by Crippen LogP contribution is 2.30. The molecule has 2 aromatic rings. The van der Waals surface area contributed by atoms with Gasteiger partial charge in [-0.15, -0.1) is 5.10 Å². The van der Waals surface area contributed by atoms with Crippen molar-refractivity contribution in [3.05, 3.63) is 24.5 Å². The van der Waals surface area contributed by atoms with Crippen LogP contribution in [0.1, 0.15) is 13.8 Å². The van der Waals surface area contributed by atoms with Gasteiger partial charge in [-0.2, -0.15) is 0 Å². The summed E-state index contributed by atoms with van der Waals surface area (Å²) in [4.78, 5) is 11.9. The third-order valence-corrected chi connectivity index (χ3v) is 2.52. The number of rotatable bonds is 7. The maximum Gasteiger partial charge on any atom is 0.246 e. The van der Waals surface area contributed by atoms with Gasteiger partial charge in [0.1, 0.15) is 12.9 Å². The van der Waals surface area contributed by atoms with Crippen molar-refractivity contribution in [2.75, 3.05) is 18.5 Å². The Hall–Kier alpha value is -2.64. The summed E-state index contributed by atoms with van der Waals surface area (Å²) in [6.07, 6.45) is 1.38. The van der Waals surface area contributed by atoms with Gasteiger partial charge in [-0.05, 0) is 36.4 Å². The number of carbonyl (C=O) groups excluding carboxylic acids is 1. The number of carbonyl (C=O) groups is 1. The first-order valence-electron chi connectivity index (χ1n) is 6.63. The molecule has 8 heteroatoms. The SMILES string of the molecule is CCOc1ccc(NC(=O)Cn2cnnn2)cc1OCC. The molecule has 0 atom stereocenters. The van der Waals surface area contributed by atoms with Crippen LogP contribution in [0.15, 0.2) is 24.5 Å². The minimum Gasteiger partial charge on any atom is -0.490 e.